The second-order valence-electron chi connectivity index (χ2n) is 3.60. The highest BCUT2D eigenvalue weighted by atomic mass is 32.2. The standard InChI is InChI=1S/C9H10N4O4S/c1-5-2-8(12-11-5)13-18(16,17)6-3-7(9(14)15)10-4-6/h2-4,10H,1H3,(H,14,15)(H2,11,12,13). The fraction of sp³-hybridized carbons (Fsp3) is 0.111. The molecule has 9 heteroatoms. The van der Waals surface area contributed by atoms with Gasteiger partial charge in [0, 0.05) is 18.0 Å². The molecule has 96 valence electrons. The first kappa shape index (κ1) is 12.2. The lowest BCUT2D eigenvalue weighted by Gasteiger charge is -2.01. The Bertz CT molecular complexity index is 685. The number of rotatable bonds is 4. The van der Waals surface area contributed by atoms with Gasteiger partial charge in [0.1, 0.15) is 10.6 Å². The van der Waals surface area contributed by atoms with Gasteiger partial charge in [-0.2, -0.15) is 5.10 Å². The number of aromatic carboxylic acids is 1. The zero-order valence-electron chi connectivity index (χ0n) is 9.26. The van der Waals surface area contributed by atoms with Gasteiger partial charge in [-0.15, -0.1) is 0 Å². The molecule has 0 radical (unpaired) electrons. The molecule has 8 nitrogen and oxygen atoms in total. The Morgan fingerprint density at radius 2 is 2.17 bits per heavy atom. The maximum absolute atomic E-state index is 11.9. The highest BCUT2D eigenvalue weighted by molar-refractivity contribution is 7.92. The lowest BCUT2D eigenvalue weighted by molar-refractivity contribution is 0.0691. The zero-order chi connectivity index (χ0) is 13.3. The van der Waals surface area contributed by atoms with E-state index in [-0.39, 0.29) is 16.4 Å². The van der Waals surface area contributed by atoms with Crippen LogP contribution in [0.5, 0.6) is 0 Å². The van der Waals surface area contributed by atoms with Crippen molar-refractivity contribution in [2.24, 2.45) is 0 Å². The third kappa shape index (κ3) is 2.35. The number of carbonyl (C=O) groups is 1. The molecule has 0 aromatic carbocycles. The Kier molecular flexibility index (Phi) is 2.83. The average molecular weight is 270 g/mol. The van der Waals surface area contributed by atoms with Crippen molar-refractivity contribution in [2.45, 2.75) is 11.8 Å². The minimum absolute atomic E-state index is 0.144. The molecule has 2 heterocycles. The smallest absolute Gasteiger partial charge is 0.352 e. The zero-order valence-corrected chi connectivity index (χ0v) is 10.1. The SMILES string of the molecule is Cc1cc(NS(=O)(=O)c2c[nH]c(C(=O)O)c2)n[nH]1. The van der Waals surface area contributed by atoms with Gasteiger partial charge in [0.2, 0.25) is 0 Å². The molecule has 2 rings (SSSR count). The second-order valence-corrected chi connectivity index (χ2v) is 5.28. The monoisotopic (exact) mass is 270 g/mol. The Balaban J connectivity index is 2.27. The second kappa shape index (κ2) is 4.18. The molecule has 0 saturated heterocycles. The van der Waals surface area contributed by atoms with Crippen LogP contribution in [0.3, 0.4) is 0 Å². The van der Waals surface area contributed by atoms with Crippen LogP contribution in [0.4, 0.5) is 5.82 Å². The van der Waals surface area contributed by atoms with Gasteiger partial charge >= 0.3 is 5.97 Å². The number of nitrogens with one attached hydrogen (secondary N) is 3. The summed E-state index contributed by atoms with van der Waals surface area (Å²) in [5, 5.41) is 15.0. The van der Waals surface area contributed by atoms with Crippen molar-refractivity contribution < 1.29 is 18.3 Å². The summed E-state index contributed by atoms with van der Waals surface area (Å²) in [4.78, 5) is 12.8. The van der Waals surface area contributed by atoms with E-state index >= 15 is 0 Å². The fourth-order valence-electron chi connectivity index (χ4n) is 1.32. The van der Waals surface area contributed by atoms with Crippen LogP contribution < -0.4 is 4.72 Å². The molecule has 0 bridgehead atoms. The molecule has 0 spiro atoms. The van der Waals surface area contributed by atoms with Gasteiger partial charge in [-0.25, -0.2) is 13.2 Å². The number of aromatic amines is 2. The van der Waals surface area contributed by atoms with E-state index < -0.39 is 16.0 Å². The summed E-state index contributed by atoms with van der Waals surface area (Å²) in [6.45, 7) is 1.73. The topological polar surface area (TPSA) is 128 Å². The molecule has 2 aromatic heterocycles. The number of aromatic nitrogens is 3. The van der Waals surface area contributed by atoms with Crippen molar-refractivity contribution in [1.29, 1.82) is 0 Å². The number of aryl methyl sites for hydroxylation is 1. The van der Waals surface area contributed by atoms with Crippen molar-refractivity contribution in [3.05, 3.63) is 29.7 Å². The number of carboxylic acids is 1. The Morgan fingerprint density at radius 3 is 2.67 bits per heavy atom. The largest absolute Gasteiger partial charge is 0.477 e. The summed E-state index contributed by atoms with van der Waals surface area (Å²) in [6.07, 6.45) is 1.10. The molecule has 2 aromatic rings. The van der Waals surface area contributed by atoms with Gasteiger partial charge in [-0.1, -0.05) is 0 Å². The van der Waals surface area contributed by atoms with Crippen LogP contribution in [0.2, 0.25) is 0 Å². The van der Waals surface area contributed by atoms with Crippen LogP contribution in [0.25, 0.3) is 0 Å². The quantitative estimate of drug-likeness (QED) is 0.644. The summed E-state index contributed by atoms with van der Waals surface area (Å²) >= 11 is 0. The average Bonchev–Trinajstić information content (AvgIpc) is 2.86. The first-order valence-corrected chi connectivity index (χ1v) is 6.33. The number of H-pyrrole nitrogens is 2. The molecular formula is C9H10N4O4S. The lowest BCUT2D eigenvalue weighted by atomic mass is 10.4. The Hall–Kier alpha value is -2.29. The number of carboxylic acid groups (broad SMARTS) is 1. The van der Waals surface area contributed by atoms with E-state index in [2.05, 4.69) is 19.9 Å². The molecular weight excluding hydrogens is 260 g/mol. The molecule has 0 unspecified atom stereocenters. The van der Waals surface area contributed by atoms with Gasteiger partial charge in [-0.05, 0) is 13.0 Å². The van der Waals surface area contributed by atoms with Crippen LogP contribution in [-0.4, -0.2) is 34.7 Å². The van der Waals surface area contributed by atoms with Gasteiger partial charge in [0.25, 0.3) is 10.0 Å². The third-order valence-corrected chi connectivity index (χ3v) is 3.48. The molecule has 0 fully saturated rings. The molecule has 0 aliphatic rings. The van der Waals surface area contributed by atoms with Crippen LogP contribution >= 0.6 is 0 Å². The van der Waals surface area contributed by atoms with E-state index in [0.717, 1.165) is 12.3 Å². The van der Waals surface area contributed by atoms with Crippen LogP contribution in [0.1, 0.15) is 16.2 Å². The molecule has 0 saturated carbocycles. The van der Waals surface area contributed by atoms with Gasteiger partial charge < -0.3 is 10.1 Å². The summed E-state index contributed by atoms with van der Waals surface area (Å²) < 4.78 is 26.0. The molecule has 0 aliphatic heterocycles. The van der Waals surface area contributed by atoms with Crippen molar-refractivity contribution in [2.75, 3.05) is 4.72 Å². The summed E-state index contributed by atoms with van der Waals surface area (Å²) in [6, 6.07) is 2.55. The summed E-state index contributed by atoms with van der Waals surface area (Å²) in [5.74, 6) is -1.09. The minimum atomic E-state index is -3.84. The fourth-order valence-corrected chi connectivity index (χ4v) is 2.30. The maximum atomic E-state index is 11.9. The molecule has 18 heavy (non-hydrogen) atoms. The molecule has 0 aliphatic carbocycles. The number of hydrogen-bond acceptors (Lipinski definition) is 4. The third-order valence-electron chi connectivity index (χ3n) is 2.14. The predicted molar refractivity (Wildman–Crippen MR) is 61.9 cm³/mol. The van der Waals surface area contributed by atoms with Crippen LogP contribution in [-0.2, 0) is 10.0 Å². The maximum Gasteiger partial charge on any atom is 0.352 e. The Morgan fingerprint density at radius 1 is 1.44 bits per heavy atom. The minimum Gasteiger partial charge on any atom is -0.477 e. The highest BCUT2D eigenvalue weighted by Gasteiger charge is 2.19. The lowest BCUT2D eigenvalue weighted by Crippen LogP contribution is -2.12. The molecule has 4 N–H and O–H groups in total. The van der Waals surface area contributed by atoms with E-state index in [0.29, 0.717) is 5.69 Å². The highest BCUT2D eigenvalue weighted by Crippen LogP contribution is 2.15. The van der Waals surface area contributed by atoms with Gasteiger partial charge in [0.05, 0.1) is 0 Å². The van der Waals surface area contributed by atoms with Crippen LogP contribution in [0.15, 0.2) is 23.2 Å². The van der Waals surface area contributed by atoms with Crippen molar-refractivity contribution >= 4 is 21.8 Å². The van der Waals surface area contributed by atoms with E-state index in [1.807, 2.05) is 0 Å². The predicted octanol–water partition coefficient (Wildman–Crippen LogP) is 0.545. The van der Waals surface area contributed by atoms with Gasteiger partial charge in [-0.3, -0.25) is 9.82 Å². The van der Waals surface area contributed by atoms with Gasteiger partial charge in [0.15, 0.2) is 5.82 Å². The number of hydrogen-bond donors (Lipinski definition) is 4. The number of nitrogens with zero attached hydrogens (tertiary/aromatic N) is 1. The first-order valence-electron chi connectivity index (χ1n) is 4.85. The summed E-state index contributed by atoms with van der Waals surface area (Å²) in [5.41, 5.74) is 0.501. The number of anilines is 1. The van der Waals surface area contributed by atoms with Crippen molar-refractivity contribution in [3.63, 3.8) is 0 Å². The van der Waals surface area contributed by atoms with E-state index in [1.165, 1.54) is 6.07 Å². The normalized spacial score (nSPS) is 11.4. The van der Waals surface area contributed by atoms with Crippen molar-refractivity contribution in [1.82, 2.24) is 15.2 Å². The first-order chi connectivity index (χ1) is 8.38. The van der Waals surface area contributed by atoms with E-state index in [1.54, 1.807) is 6.92 Å². The molecule has 0 atom stereocenters. The summed E-state index contributed by atoms with van der Waals surface area (Å²) in [7, 11) is -3.84. The van der Waals surface area contributed by atoms with E-state index in [4.69, 9.17) is 5.11 Å². The van der Waals surface area contributed by atoms with E-state index in [9.17, 15) is 13.2 Å². The van der Waals surface area contributed by atoms with Crippen LogP contribution in [0, 0.1) is 6.92 Å². The number of sulfonamides is 1. The molecule has 0 amide bonds. The Labute approximate surface area is 102 Å². The van der Waals surface area contributed by atoms with Crippen molar-refractivity contribution in [3.8, 4) is 0 Å².